The molecule has 2 fully saturated rings. The summed E-state index contributed by atoms with van der Waals surface area (Å²) in [6, 6.07) is 1.67. The van der Waals surface area contributed by atoms with Crippen molar-refractivity contribution in [2.75, 3.05) is 38.2 Å². The molecular formula is C21H29N3O4S. The van der Waals surface area contributed by atoms with Gasteiger partial charge in [0, 0.05) is 31.9 Å². The van der Waals surface area contributed by atoms with E-state index in [2.05, 4.69) is 21.0 Å². The third kappa shape index (κ3) is 3.78. The van der Waals surface area contributed by atoms with E-state index < -0.39 is 21.3 Å². The Kier molecular flexibility index (Phi) is 5.04. The second kappa shape index (κ2) is 7.56. The zero-order chi connectivity index (χ0) is 20.0. The number of nitrogens with zero attached hydrogens (tertiary/aromatic N) is 1. The van der Waals surface area contributed by atoms with Crippen molar-refractivity contribution < 1.29 is 17.9 Å². The summed E-state index contributed by atoms with van der Waals surface area (Å²) in [5.41, 5.74) is 5.90. The van der Waals surface area contributed by atoms with Crippen molar-refractivity contribution in [1.82, 2.24) is 9.62 Å². The quantitative estimate of drug-likeness (QED) is 0.760. The molecule has 2 amide bonds. The number of ether oxygens (including phenoxy) is 1. The Morgan fingerprint density at radius 2 is 1.79 bits per heavy atom. The van der Waals surface area contributed by atoms with E-state index in [1.54, 1.807) is 0 Å². The SMILES string of the molecule is O=C(Nc1c2c(cc3c1CCC3)CCC2)NS(=O)(=O)C1CN(CC2CCOC2)C1. The number of anilines is 1. The molecule has 2 aliphatic carbocycles. The summed E-state index contributed by atoms with van der Waals surface area (Å²) in [4.78, 5) is 14.7. The predicted molar refractivity (Wildman–Crippen MR) is 111 cm³/mol. The molecule has 4 aliphatic rings. The normalized spacial score (nSPS) is 24.2. The molecule has 2 N–H and O–H groups in total. The summed E-state index contributed by atoms with van der Waals surface area (Å²) in [6.45, 7) is 3.40. The summed E-state index contributed by atoms with van der Waals surface area (Å²) in [5.74, 6) is 0.497. The van der Waals surface area contributed by atoms with Crippen LogP contribution < -0.4 is 10.0 Å². The van der Waals surface area contributed by atoms with Gasteiger partial charge >= 0.3 is 6.03 Å². The molecule has 2 heterocycles. The molecule has 0 spiro atoms. The number of fused-ring (bicyclic) bond motifs is 2. The molecule has 8 heteroatoms. The molecule has 1 unspecified atom stereocenters. The van der Waals surface area contributed by atoms with Gasteiger partial charge in [-0.05, 0) is 73.1 Å². The average Bonchev–Trinajstić information content (AvgIpc) is 3.37. The fourth-order valence-corrected chi connectivity index (χ4v) is 6.57. The highest BCUT2D eigenvalue weighted by Gasteiger charge is 2.39. The minimum absolute atomic E-state index is 0.481. The third-order valence-electron chi connectivity index (χ3n) is 6.85. The Labute approximate surface area is 172 Å². The topological polar surface area (TPSA) is 87.7 Å². The number of amides is 2. The van der Waals surface area contributed by atoms with Gasteiger partial charge in [-0.3, -0.25) is 0 Å². The zero-order valence-electron chi connectivity index (χ0n) is 16.7. The highest BCUT2D eigenvalue weighted by atomic mass is 32.2. The number of hydrogen-bond donors (Lipinski definition) is 2. The first-order chi connectivity index (χ1) is 14.0. The largest absolute Gasteiger partial charge is 0.381 e. The Hall–Kier alpha value is -1.64. The van der Waals surface area contributed by atoms with Crippen LogP contribution in [0.15, 0.2) is 6.07 Å². The molecular weight excluding hydrogens is 390 g/mol. The summed E-state index contributed by atoms with van der Waals surface area (Å²) in [6.07, 6.45) is 7.22. The van der Waals surface area contributed by atoms with Gasteiger partial charge in [0.05, 0.1) is 6.61 Å². The first kappa shape index (κ1) is 19.3. The third-order valence-corrected chi connectivity index (χ3v) is 8.50. The minimum atomic E-state index is -3.67. The lowest BCUT2D eigenvalue weighted by atomic mass is 9.99. The van der Waals surface area contributed by atoms with Gasteiger partial charge in [0.15, 0.2) is 0 Å². The maximum atomic E-state index is 12.6. The highest BCUT2D eigenvalue weighted by Crippen LogP contribution is 2.38. The van der Waals surface area contributed by atoms with Gasteiger partial charge in [0.1, 0.15) is 5.25 Å². The maximum Gasteiger partial charge on any atom is 0.332 e. The van der Waals surface area contributed by atoms with Crippen LogP contribution in [-0.2, 0) is 40.4 Å². The minimum Gasteiger partial charge on any atom is -0.381 e. The Morgan fingerprint density at radius 3 is 2.41 bits per heavy atom. The molecule has 5 rings (SSSR count). The molecule has 0 aromatic heterocycles. The predicted octanol–water partition coefficient (Wildman–Crippen LogP) is 1.84. The first-order valence-electron chi connectivity index (χ1n) is 10.8. The maximum absolute atomic E-state index is 12.6. The number of sulfonamides is 1. The molecule has 2 saturated heterocycles. The molecule has 1 aromatic carbocycles. The summed E-state index contributed by atoms with van der Waals surface area (Å²) < 4.78 is 32.9. The van der Waals surface area contributed by atoms with Gasteiger partial charge < -0.3 is 15.0 Å². The first-order valence-corrected chi connectivity index (χ1v) is 12.3. The van der Waals surface area contributed by atoms with Crippen molar-refractivity contribution in [2.24, 2.45) is 5.92 Å². The summed E-state index contributed by atoms with van der Waals surface area (Å²) >= 11 is 0. The fraction of sp³-hybridized carbons (Fsp3) is 0.667. The van der Waals surface area contributed by atoms with Crippen LogP contribution in [0, 0.1) is 5.92 Å². The van der Waals surface area contributed by atoms with Gasteiger partial charge in [0.2, 0.25) is 10.0 Å². The van der Waals surface area contributed by atoms with Gasteiger partial charge in [-0.15, -0.1) is 0 Å². The van der Waals surface area contributed by atoms with Gasteiger partial charge in [0.25, 0.3) is 0 Å². The molecule has 1 atom stereocenters. The number of aryl methyl sites for hydroxylation is 2. The van der Waals surface area contributed by atoms with E-state index in [1.165, 1.54) is 22.3 Å². The van der Waals surface area contributed by atoms with E-state index in [-0.39, 0.29) is 0 Å². The average molecular weight is 420 g/mol. The summed E-state index contributed by atoms with van der Waals surface area (Å²) in [7, 11) is -3.67. The zero-order valence-corrected chi connectivity index (χ0v) is 17.5. The van der Waals surface area contributed by atoms with E-state index in [1.807, 2.05) is 0 Å². The number of carbonyl (C=O) groups is 1. The fourth-order valence-electron chi connectivity index (χ4n) is 5.28. The van der Waals surface area contributed by atoms with E-state index in [4.69, 9.17) is 4.74 Å². The lowest BCUT2D eigenvalue weighted by Crippen LogP contribution is -2.59. The molecule has 7 nitrogen and oxygen atoms in total. The van der Waals surface area contributed by atoms with E-state index in [0.29, 0.717) is 19.0 Å². The van der Waals surface area contributed by atoms with Crippen molar-refractivity contribution in [3.05, 3.63) is 28.3 Å². The number of nitrogens with one attached hydrogen (secondary N) is 2. The van der Waals surface area contributed by atoms with Crippen LogP contribution in [0.2, 0.25) is 0 Å². The highest BCUT2D eigenvalue weighted by molar-refractivity contribution is 7.90. The van der Waals surface area contributed by atoms with Crippen molar-refractivity contribution in [2.45, 2.75) is 50.2 Å². The molecule has 0 bridgehead atoms. The molecule has 0 radical (unpaired) electrons. The Bertz CT molecular complexity index is 886. The van der Waals surface area contributed by atoms with Crippen LogP contribution in [0.1, 0.15) is 41.5 Å². The van der Waals surface area contributed by atoms with Crippen LogP contribution in [-0.4, -0.2) is 57.4 Å². The van der Waals surface area contributed by atoms with Crippen LogP contribution in [0.3, 0.4) is 0 Å². The van der Waals surface area contributed by atoms with E-state index >= 15 is 0 Å². The number of carbonyl (C=O) groups excluding carboxylic acids is 1. The number of rotatable bonds is 5. The number of likely N-dealkylation sites (tertiary alicyclic amines) is 1. The van der Waals surface area contributed by atoms with E-state index in [9.17, 15) is 13.2 Å². The van der Waals surface area contributed by atoms with Crippen LogP contribution in [0.4, 0.5) is 10.5 Å². The van der Waals surface area contributed by atoms with Crippen LogP contribution >= 0.6 is 0 Å². The molecule has 0 saturated carbocycles. The molecule has 158 valence electrons. The van der Waals surface area contributed by atoms with Crippen molar-refractivity contribution in [3.8, 4) is 0 Å². The Morgan fingerprint density at radius 1 is 1.10 bits per heavy atom. The number of benzene rings is 1. The monoisotopic (exact) mass is 419 g/mol. The summed E-state index contributed by atoms with van der Waals surface area (Å²) in [5, 5.41) is 2.39. The number of urea groups is 1. The smallest absolute Gasteiger partial charge is 0.332 e. The van der Waals surface area contributed by atoms with Gasteiger partial charge in [-0.25, -0.2) is 17.9 Å². The molecule has 29 heavy (non-hydrogen) atoms. The Balaban J connectivity index is 1.21. The lowest BCUT2D eigenvalue weighted by Gasteiger charge is -2.39. The van der Waals surface area contributed by atoms with E-state index in [0.717, 1.165) is 70.4 Å². The van der Waals surface area contributed by atoms with Crippen LogP contribution in [0.25, 0.3) is 0 Å². The van der Waals surface area contributed by atoms with Crippen molar-refractivity contribution in [1.29, 1.82) is 0 Å². The van der Waals surface area contributed by atoms with Gasteiger partial charge in [-0.2, -0.15) is 0 Å². The second-order valence-electron chi connectivity index (χ2n) is 8.91. The van der Waals surface area contributed by atoms with Crippen molar-refractivity contribution in [3.63, 3.8) is 0 Å². The second-order valence-corrected chi connectivity index (χ2v) is 10.9. The van der Waals surface area contributed by atoms with Crippen molar-refractivity contribution >= 4 is 21.7 Å². The lowest BCUT2D eigenvalue weighted by molar-refractivity contribution is 0.135. The molecule has 1 aromatic rings. The van der Waals surface area contributed by atoms with Crippen LogP contribution in [0.5, 0.6) is 0 Å². The number of hydrogen-bond acceptors (Lipinski definition) is 5. The standard InChI is InChI=1S/C21H29N3O4S/c25-21(22-20-18-5-1-3-15(18)9-16-4-2-6-19(16)20)23-29(26,27)17-11-24(12-17)10-14-7-8-28-13-14/h9,14,17H,1-8,10-13H2,(H2,22,23,25). The van der Waals surface area contributed by atoms with Gasteiger partial charge in [-0.1, -0.05) is 6.07 Å². The molecule has 2 aliphatic heterocycles.